The number of nitro groups is 1. The molecule has 1 atom stereocenters. The van der Waals surface area contributed by atoms with Crippen molar-refractivity contribution in [2.45, 2.75) is 32.9 Å². The molecule has 0 radical (unpaired) electrons. The summed E-state index contributed by atoms with van der Waals surface area (Å²) in [5, 5.41) is 13.7. The summed E-state index contributed by atoms with van der Waals surface area (Å²) in [5.41, 5.74) is -0.382. The van der Waals surface area contributed by atoms with Gasteiger partial charge in [0, 0.05) is 12.1 Å². The number of amides is 1. The smallest absolute Gasteiger partial charge is 0.338 e. The van der Waals surface area contributed by atoms with Crippen LogP contribution >= 0.6 is 0 Å². The molecule has 0 saturated carbocycles. The number of hydrogen-bond acceptors (Lipinski definition) is 6. The maximum Gasteiger partial charge on any atom is 0.338 e. The van der Waals surface area contributed by atoms with Crippen molar-refractivity contribution in [3.05, 3.63) is 33.9 Å². The highest BCUT2D eigenvalue weighted by Crippen LogP contribution is 2.29. The average molecular weight is 310 g/mol. The van der Waals surface area contributed by atoms with Gasteiger partial charge in [-0.1, -0.05) is 0 Å². The first-order valence-corrected chi connectivity index (χ1v) is 6.60. The Kier molecular flexibility index (Phi) is 5.85. The van der Waals surface area contributed by atoms with Crippen LogP contribution in [-0.4, -0.2) is 36.1 Å². The molecule has 0 fully saturated rings. The third-order valence-corrected chi connectivity index (χ3v) is 2.68. The molecule has 0 bridgehead atoms. The van der Waals surface area contributed by atoms with E-state index >= 15 is 0 Å². The summed E-state index contributed by atoms with van der Waals surface area (Å²) in [6.45, 7) is 5.06. The van der Waals surface area contributed by atoms with Gasteiger partial charge in [0.2, 0.25) is 0 Å². The Balaban J connectivity index is 3.01. The molecule has 8 heteroatoms. The van der Waals surface area contributed by atoms with Crippen LogP contribution in [-0.2, 0) is 9.53 Å². The van der Waals surface area contributed by atoms with E-state index in [4.69, 9.17) is 4.74 Å². The zero-order valence-electron chi connectivity index (χ0n) is 12.8. The minimum atomic E-state index is -0.912. The lowest BCUT2D eigenvalue weighted by molar-refractivity contribution is -0.386. The van der Waals surface area contributed by atoms with Gasteiger partial charge in [-0.2, -0.15) is 0 Å². The van der Waals surface area contributed by atoms with Crippen LogP contribution < -0.4 is 10.1 Å². The molecule has 0 aliphatic carbocycles. The average Bonchev–Trinajstić information content (AvgIpc) is 2.45. The van der Waals surface area contributed by atoms with Gasteiger partial charge in [0.1, 0.15) is 0 Å². The number of nitro benzene ring substituents is 1. The number of ether oxygens (including phenoxy) is 2. The molecule has 0 unspecified atom stereocenters. The van der Waals surface area contributed by atoms with E-state index in [-0.39, 0.29) is 23.3 Å². The van der Waals surface area contributed by atoms with Gasteiger partial charge in [0.15, 0.2) is 11.9 Å². The Morgan fingerprint density at radius 1 is 1.27 bits per heavy atom. The predicted octanol–water partition coefficient (Wildman–Crippen LogP) is 1.67. The van der Waals surface area contributed by atoms with Crippen LogP contribution in [0.25, 0.3) is 0 Å². The molecule has 1 aromatic rings. The van der Waals surface area contributed by atoms with Crippen molar-refractivity contribution >= 4 is 17.6 Å². The zero-order chi connectivity index (χ0) is 16.9. The van der Waals surface area contributed by atoms with Crippen LogP contribution in [0.2, 0.25) is 0 Å². The highest BCUT2D eigenvalue weighted by Gasteiger charge is 2.23. The van der Waals surface area contributed by atoms with Gasteiger partial charge in [-0.3, -0.25) is 14.9 Å². The molecule has 0 aromatic heterocycles. The lowest BCUT2D eigenvalue weighted by Gasteiger charge is -2.16. The standard InChI is InChI=1S/C14H18N2O6/c1-8(2)15-13(17)9(3)22-12-6-5-10(14(18)21-4)7-11(12)16(19)20/h5-9H,1-4H3,(H,15,17)/t9-/m1/s1. The maximum absolute atomic E-state index is 11.8. The van der Waals surface area contributed by atoms with Crippen molar-refractivity contribution < 1.29 is 24.0 Å². The van der Waals surface area contributed by atoms with Crippen molar-refractivity contribution in [2.75, 3.05) is 7.11 Å². The Hall–Kier alpha value is -2.64. The fraction of sp³-hybridized carbons (Fsp3) is 0.429. The van der Waals surface area contributed by atoms with Crippen molar-refractivity contribution in [3.63, 3.8) is 0 Å². The molecule has 0 aliphatic heterocycles. The fourth-order valence-electron chi connectivity index (χ4n) is 1.65. The molecule has 0 saturated heterocycles. The topological polar surface area (TPSA) is 108 Å². The molecule has 0 spiro atoms. The minimum Gasteiger partial charge on any atom is -0.474 e. The number of benzene rings is 1. The molecule has 8 nitrogen and oxygen atoms in total. The lowest BCUT2D eigenvalue weighted by atomic mass is 10.2. The predicted molar refractivity (Wildman–Crippen MR) is 77.8 cm³/mol. The zero-order valence-corrected chi connectivity index (χ0v) is 12.8. The first-order chi connectivity index (χ1) is 10.3. The number of nitrogens with one attached hydrogen (secondary N) is 1. The van der Waals surface area contributed by atoms with Gasteiger partial charge in [0.25, 0.3) is 5.91 Å². The minimum absolute atomic E-state index is 0.0286. The first kappa shape index (κ1) is 17.4. The molecular formula is C14H18N2O6. The van der Waals surface area contributed by atoms with E-state index in [1.165, 1.54) is 26.2 Å². The van der Waals surface area contributed by atoms with Gasteiger partial charge in [-0.05, 0) is 32.9 Å². The van der Waals surface area contributed by atoms with Crippen LogP contribution in [0.15, 0.2) is 18.2 Å². The maximum atomic E-state index is 11.8. The number of methoxy groups -OCH3 is 1. The van der Waals surface area contributed by atoms with Crippen molar-refractivity contribution in [1.82, 2.24) is 5.32 Å². The molecule has 22 heavy (non-hydrogen) atoms. The van der Waals surface area contributed by atoms with E-state index in [1.807, 2.05) is 0 Å². The molecule has 1 aromatic carbocycles. The van der Waals surface area contributed by atoms with Crippen molar-refractivity contribution in [1.29, 1.82) is 0 Å². The quantitative estimate of drug-likeness (QED) is 0.486. The van der Waals surface area contributed by atoms with E-state index in [9.17, 15) is 19.7 Å². The molecule has 0 heterocycles. The summed E-state index contributed by atoms with van der Waals surface area (Å²) in [6.07, 6.45) is -0.912. The molecular weight excluding hydrogens is 292 g/mol. The van der Waals surface area contributed by atoms with Gasteiger partial charge in [-0.15, -0.1) is 0 Å². The molecule has 120 valence electrons. The van der Waals surface area contributed by atoms with Crippen LogP contribution in [0.4, 0.5) is 5.69 Å². The summed E-state index contributed by atoms with van der Waals surface area (Å²) in [7, 11) is 1.18. The van der Waals surface area contributed by atoms with Crippen LogP contribution in [0, 0.1) is 10.1 Å². The second kappa shape index (κ2) is 7.39. The van der Waals surface area contributed by atoms with E-state index in [2.05, 4.69) is 10.1 Å². The Labute approximate surface area is 127 Å². The number of rotatable bonds is 6. The third kappa shape index (κ3) is 4.44. The fourth-order valence-corrected chi connectivity index (χ4v) is 1.65. The normalized spacial score (nSPS) is 11.7. The summed E-state index contributed by atoms with van der Waals surface area (Å²) in [6, 6.07) is 3.58. The molecule has 1 rings (SSSR count). The number of carbonyl (C=O) groups is 2. The van der Waals surface area contributed by atoms with Crippen molar-refractivity contribution in [3.8, 4) is 5.75 Å². The number of carbonyl (C=O) groups excluding carboxylic acids is 2. The summed E-state index contributed by atoms with van der Waals surface area (Å²) in [4.78, 5) is 33.6. The van der Waals surface area contributed by atoms with E-state index < -0.39 is 22.7 Å². The van der Waals surface area contributed by atoms with E-state index in [0.717, 1.165) is 6.07 Å². The monoisotopic (exact) mass is 310 g/mol. The number of hydrogen-bond donors (Lipinski definition) is 1. The number of nitrogens with zero attached hydrogens (tertiary/aromatic N) is 1. The highest BCUT2D eigenvalue weighted by molar-refractivity contribution is 5.90. The second-order valence-electron chi connectivity index (χ2n) is 4.85. The summed E-state index contributed by atoms with van der Waals surface area (Å²) in [5.74, 6) is -1.18. The van der Waals surface area contributed by atoms with Crippen LogP contribution in [0.3, 0.4) is 0 Å². The van der Waals surface area contributed by atoms with E-state index in [0.29, 0.717) is 0 Å². The molecule has 1 N–H and O–H groups in total. The Morgan fingerprint density at radius 2 is 1.91 bits per heavy atom. The molecule has 0 aliphatic rings. The van der Waals surface area contributed by atoms with Crippen molar-refractivity contribution in [2.24, 2.45) is 0 Å². The van der Waals surface area contributed by atoms with Crippen LogP contribution in [0.5, 0.6) is 5.75 Å². The van der Waals surface area contributed by atoms with Gasteiger partial charge in [-0.25, -0.2) is 4.79 Å². The second-order valence-corrected chi connectivity index (χ2v) is 4.85. The van der Waals surface area contributed by atoms with E-state index in [1.54, 1.807) is 13.8 Å². The number of esters is 1. The highest BCUT2D eigenvalue weighted by atomic mass is 16.6. The van der Waals surface area contributed by atoms with Gasteiger partial charge in [0.05, 0.1) is 17.6 Å². The summed E-state index contributed by atoms with van der Waals surface area (Å²) < 4.78 is 9.84. The largest absolute Gasteiger partial charge is 0.474 e. The first-order valence-electron chi connectivity index (χ1n) is 6.60. The van der Waals surface area contributed by atoms with Gasteiger partial charge >= 0.3 is 11.7 Å². The Bertz CT molecular complexity index is 585. The lowest BCUT2D eigenvalue weighted by Crippen LogP contribution is -2.40. The Morgan fingerprint density at radius 3 is 2.41 bits per heavy atom. The molecule has 1 amide bonds. The third-order valence-electron chi connectivity index (χ3n) is 2.68. The SMILES string of the molecule is COC(=O)c1ccc(O[C@H](C)C(=O)NC(C)C)c([N+](=O)[O-])c1. The van der Waals surface area contributed by atoms with Crippen LogP contribution in [0.1, 0.15) is 31.1 Å². The van der Waals surface area contributed by atoms with Gasteiger partial charge < -0.3 is 14.8 Å². The summed E-state index contributed by atoms with van der Waals surface area (Å²) >= 11 is 0.